The number of rotatable bonds is 8. The van der Waals surface area contributed by atoms with Crippen LogP contribution in [0.3, 0.4) is 0 Å². The van der Waals surface area contributed by atoms with Crippen LogP contribution in [0.4, 0.5) is 0 Å². The average Bonchev–Trinajstić information content (AvgIpc) is 2.61. The minimum absolute atomic E-state index is 0.193. The zero-order chi connectivity index (χ0) is 17.4. The van der Waals surface area contributed by atoms with Crippen LogP contribution in [0.5, 0.6) is 0 Å². The molecule has 126 valence electrons. The largest absolute Gasteiger partial charge is 0.351 e. The first-order chi connectivity index (χ1) is 11.6. The highest BCUT2D eigenvalue weighted by Crippen LogP contribution is 2.17. The minimum Gasteiger partial charge on any atom is -0.351 e. The van der Waals surface area contributed by atoms with Crippen molar-refractivity contribution in [2.75, 3.05) is 19.6 Å². The Balaban J connectivity index is 2.10. The van der Waals surface area contributed by atoms with Crippen molar-refractivity contribution in [1.29, 1.82) is 0 Å². The van der Waals surface area contributed by atoms with Crippen LogP contribution in [0.15, 0.2) is 48.5 Å². The lowest BCUT2D eigenvalue weighted by molar-refractivity contribution is 0.0942. The summed E-state index contributed by atoms with van der Waals surface area (Å²) in [5, 5.41) is 6.62. The standard InChI is InChI=1S/C19H21ClN2O2/c1-2-11-21-12-13-22-19(24)17-6-4-3-5-16(17)18(23)14-7-9-15(20)10-8-14/h3-10,21H,2,11-13H2,1H3,(H,22,24). The summed E-state index contributed by atoms with van der Waals surface area (Å²) in [5.41, 5.74) is 1.27. The summed E-state index contributed by atoms with van der Waals surface area (Å²) >= 11 is 5.86. The van der Waals surface area contributed by atoms with Crippen LogP contribution in [0.1, 0.15) is 39.6 Å². The molecule has 2 N–H and O–H groups in total. The Morgan fingerprint density at radius 2 is 1.58 bits per heavy atom. The average molecular weight is 345 g/mol. The van der Waals surface area contributed by atoms with Gasteiger partial charge in [-0.1, -0.05) is 36.7 Å². The second-order valence-corrected chi connectivity index (χ2v) is 5.82. The zero-order valence-electron chi connectivity index (χ0n) is 13.6. The fourth-order valence-electron chi connectivity index (χ4n) is 2.30. The zero-order valence-corrected chi connectivity index (χ0v) is 14.4. The van der Waals surface area contributed by atoms with E-state index in [1.54, 1.807) is 48.5 Å². The van der Waals surface area contributed by atoms with Crippen LogP contribution in [-0.4, -0.2) is 31.3 Å². The number of carbonyl (C=O) groups is 2. The van der Waals surface area contributed by atoms with Gasteiger partial charge in [-0.25, -0.2) is 0 Å². The van der Waals surface area contributed by atoms with Crippen LogP contribution in [0, 0.1) is 0 Å². The Morgan fingerprint density at radius 1 is 0.917 bits per heavy atom. The third-order valence-electron chi connectivity index (χ3n) is 3.54. The Bertz CT molecular complexity index is 699. The normalized spacial score (nSPS) is 10.4. The van der Waals surface area contributed by atoms with Crippen molar-refractivity contribution >= 4 is 23.3 Å². The van der Waals surface area contributed by atoms with Crippen molar-refractivity contribution in [1.82, 2.24) is 10.6 Å². The molecule has 0 saturated heterocycles. The molecule has 2 rings (SSSR count). The Hall–Kier alpha value is -2.17. The van der Waals surface area contributed by atoms with Crippen LogP contribution < -0.4 is 10.6 Å². The summed E-state index contributed by atoms with van der Waals surface area (Å²) in [5.74, 6) is -0.437. The number of hydrogen-bond acceptors (Lipinski definition) is 3. The van der Waals surface area contributed by atoms with Gasteiger partial charge in [0, 0.05) is 29.2 Å². The van der Waals surface area contributed by atoms with E-state index in [9.17, 15) is 9.59 Å². The molecule has 0 bridgehead atoms. The van der Waals surface area contributed by atoms with Crippen LogP contribution in [-0.2, 0) is 0 Å². The van der Waals surface area contributed by atoms with E-state index in [1.807, 2.05) is 0 Å². The lowest BCUT2D eigenvalue weighted by Crippen LogP contribution is -2.32. The van der Waals surface area contributed by atoms with Gasteiger partial charge in [0.25, 0.3) is 5.91 Å². The first kappa shape index (κ1) is 18.2. The topological polar surface area (TPSA) is 58.2 Å². The Labute approximate surface area is 147 Å². The van der Waals surface area contributed by atoms with Crippen molar-refractivity contribution in [2.45, 2.75) is 13.3 Å². The summed E-state index contributed by atoms with van der Waals surface area (Å²) in [4.78, 5) is 25.0. The molecule has 0 aliphatic carbocycles. The number of ketones is 1. The van der Waals surface area contributed by atoms with Crippen molar-refractivity contribution < 1.29 is 9.59 Å². The highest BCUT2D eigenvalue weighted by molar-refractivity contribution is 6.30. The lowest BCUT2D eigenvalue weighted by Gasteiger charge is -2.10. The van der Waals surface area contributed by atoms with E-state index in [0.717, 1.165) is 13.0 Å². The molecule has 0 aliphatic heterocycles. The second-order valence-electron chi connectivity index (χ2n) is 5.39. The van der Waals surface area contributed by atoms with E-state index in [4.69, 9.17) is 11.6 Å². The summed E-state index contributed by atoms with van der Waals surface area (Å²) in [6.07, 6.45) is 1.05. The highest BCUT2D eigenvalue weighted by Gasteiger charge is 2.17. The minimum atomic E-state index is -0.244. The molecule has 0 heterocycles. The molecule has 2 aromatic carbocycles. The van der Waals surface area contributed by atoms with Gasteiger partial charge in [0.2, 0.25) is 0 Å². The van der Waals surface area contributed by atoms with Crippen molar-refractivity contribution in [2.24, 2.45) is 0 Å². The SMILES string of the molecule is CCCNCCNC(=O)c1ccccc1C(=O)c1ccc(Cl)cc1. The third kappa shape index (κ3) is 4.91. The molecule has 1 amide bonds. The van der Waals surface area contributed by atoms with Gasteiger partial charge >= 0.3 is 0 Å². The number of carbonyl (C=O) groups excluding carboxylic acids is 2. The fraction of sp³-hybridized carbons (Fsp3) is 0.263. The van der Waals surface area contributed by atoms with Crippen LogP contribution in [0.2, 0.25) is 5.02 Å². The monoisotopic (exact) mass is 344 g/mol. The molecule has 0 fully saturated rings. The second kappa shape index (κ2) is 9.21. The lowest BCUT2D eigenvalue weighted by atomic mass is 9.98. The molecule has 0 aliphatic rings. The fourth-order valence-corrected chi connectivity index (χ4v) is 2.42. The number of benzene rings is 2. The summed E-state index contributed by atoms with van der Waals surface area (Å²) < 4.78 is 0. The molecule has 24 heavy (non-hydrogen) atoms. The molecule has 0 unspecified atom stereocenters. The predicted molar refractivity (Wildman–Crippen MR) is 96.8 cm³/mol. The van der Waals surface area contributed by atoms with E-state index < -0.39 is 0 Å². The molecule has 0 saturated carbocycles. The maximum atomic E-state index is 12.7. The number of amides is 1. The van der Waals surface area contributed by atoms with Crippen molar-refractivity contribution in [3.63, 3.8) is 0 Å². The maximum absolute atomic E-state index is 12.7. The van der Waals surface area contributed by atoms with E-state index >= 15 is 0 Å². The van der Waals surface area contributed by atoms with E-state index in [2.05, 4.69) is 17.6 Å². The molecular weight excluding hydrogens is 324 g/mol. The van der Waals surface area contributed by atoms with Gasteiger partial charge in [-0.15, -0.1) is 0 Å². The number of hydrogen-bond donors (Lipinski definition) is 2. The van der Waals surface area contributed by atoms with Gasteiger partial charge in [0.1, 0.15) is 0 Å². The van der Waals surface area contributed by atoms with E-state index in [0.29, 0.717) is 34.8 Å². The molecule has 0 radical (unpaired) electrons. The Kier molecular flexibility index (Phi) is 6.97. The van der Waals surface area contributed by atoms with Gasteiger partial charge in [-0.3, -0.25) is 9.59 Å². The quantitative estimate of drug-likeness (QED) is 0.570. The molecule has 5 heteroatoms. The van der Waals surface area contributed by atoms with Gasteiger partial charge in [0.15, 0.2) is 5.78 Å². The number of halogens is 1. The van der Waals surface area contributed by atoms with Gasteiger partial charge in [-0.05, 0) is 43.3 Å². The molecule has 0 spiro atoms. The Morgan fingerprint density at radius 3 is 2.25 bits per heavy atom. The van der Waals surface area contributed by atoms with E-state index in [1.165, 1.54) is 0 Å². The van der Waals surface area contributed by atoms with Gasteiger partial charge < -0.3 is 10.6 Å². The maximum Gasteiger partial charge on any atom is 0.252 e. The summed E-state index contributed by atoms with van der Waals surface area (Å²) in [6, 6.07) is 13.5. The van der Waals surface area contributed by atoms with Gasteiger partial charge in [0.05, 0.1) is 5.56 Å². The van der Waals surface area contributed by atoms with E-state index in [-0.39, 0.29) is 11.7 Å². The summed E-state index contributed by atoms with van der Waals surface area (Å²) in [7, 11) is 0. The first-order valence-electron chi connectivity index (χ1n) is 8.01. The molecule has 4 nitrogen and oxygen atoms in total. The van der Waals surface area contributed by atoms with Crippen LogP contribution in [0.25, 0.3) is 0 Å². The molecule has 0 atom stereocenters. The molecule has 2 aromatic rings. The predicted octanol–water partition coefficient (Wildman–Crippen LogP) is 3.30. The third-order valence-corrected chi connectivity index (χ3v) is 3.79. The van der Waals surface area contributed by atoms with Crippen LogP contribution >= 0.6 is 11.6 Å². The highest BCUT2D eigenvalue weighted by atomic mass is 35.5. The smallest absolute Gasteiger partial charge is 0.252 e. The molecular formula is C19H21ClN2O2. The molecule has 0 aromatic heterocycles. The van der Waals surface area contributed by atoms with Gasteiger partial charge in [-0.2, -0.15) is 0 Å². The number of nitrogens with one attached hydrogen (secondary N) is 2. The first-order valence-corrected chi connectivity index (χ1v) is 8.39. The van der Waals surface area contributed by atoms with Crippen molar-refractivity contribution in [3.05, 3.63) is 70.2 Å². The van der Waals surface area contributed by atoms with Crippen molar-refractivity contribution in [3.8, 4) is 0 Å². The summed E-state index contributed by atoms with van der Waals surface area (Å²) in [6.45, 7) is 4.22.